The maximum atomic E-state index is 6.55. The number of rotatable bonds is 2. The molecule has 3 rings (SSSR count). The number of aromatic nitrogens is 2. The van der Waals surface area contributed by atoms with Gasteiger partial charge in [0.25, 0.3) is 0 Å². The molecule has 0 saturated heterocycles. The second kappa shape index (κ2) is 4.82. The molecule has 1 aliphatic carbocycles. The quantitative estimate of drug-likeness (QED) is 0.894. The molecule has 1 aromatic heterocycles. The number of nitrogens with two attached hydrogens (primary N) is 1. The topological polar surface area (TPSA) is 43.8 Å². The van der Waals surface area contributed by atoms with Gasteiger partial charge >= 0.3 is 0 Å². The van der Waals surface area contributed by atoms with Crippen LogP contribution < -0.4 is 5.73 Å². The van der Waals surface area contributed by atoms with Gasteiger partial charge in [-0.1, -0.05) is 31.4 Å². The molecule has 0 unspecified atom stereocenters. The third-order valence-electron chi connectivity index (χ3n) is 4.16. The van der Waals surface area contributed by atoms with Crippen LogP contribution in [0.5, 0.6) is 0 Å². The van der Waals surface area contributed by atoms with Gasteiger partial charge in [-0.2, -0.15) is 5.10 Å². The highest BCUT2D eigenvalue weighted by Gasteiger charge is 2.29. The predicted octanol–water partition coefficient (Wildman–Crippen LogP) is 3.30. The molecule has 3 nitrogen and oxygen atoms in total. The number of benzene rings is 1. The Morgan fingerprint density at radius 3 is 2.37 bits per heavy atom. The molecule has 1 heterocycles. The van der Waals surface area contributed by atoms with Crippen LogP contribution >= 0.6 is 0 Å². The fraction of sp³-hybridized carbons (Fsp3) is 0.438. The molecule has 0 aliphatic heterocycles. The summed E-state index contributed by atoms with van der Waals surface area (Å²) >= 11 is 0. The Morgan fingerprint density at radius 2 is 1.79 bits per heavy atom. The Bertz CT molecular complexity index is 548. The van der Waals surface area contributed by atoms with Crippen LogP contribution in [0.1, 0.15) is 43.2 Å². The van der Waals surface area contributed by atoms with E-state index in [1.54, 1.807) is 0 Å². The fourth-order valence-corrected chi connectivity index (χ4v) is 2.97. The Morgan fingerprint density at radius 1 is 1.11 bits per heavy atom. The molecule has 0 atom stereocenters. The van der Waals surface area contributed by atoms with Gasteiger partial charge in [-0.25, -0.2) is 4.68 Å². The van der Waals surface area contributed by atoms with Crippen molar-refractivity contribution in [1.29, 1.82) is 0 Å². The van der Waals surface area contributed by atoms with Crippen LogP contribution in [0.15, 0.2) is 36.7 Å². The maximum Gasteiger partial charge on any atom is 0.0645 e. The predicted molar refractivity (Wildman–Crippen MR) is 77.3 cm³/mol. The van der Waals surface area contributed by atoms with E-state index in [1.807, 2.05) is 17.1 Å². The van der Waals surface area contributed by atoms with E-state index >= 15 is 0 Å². The fourth-order valence-electron chi connectivity index (χ4n) is 2.97. The molecular formula is C16H21N3. The third-order valence-corrected chi connectivity index (χ3v) is 4.16. The molecule has 2 N–H and O–H groups in total. The zero-order valence-electron chi connectivity index (χ0n) is 11.5. The van der Waals surface area contributed by atoms with Crippen LogP contribution in [-0.2, 0) is 5.54 Å². The number of aryl methyl sites for hydroxylation is 1. The van der Waals surface area contributed by atoms with E-state index in [0.717, 1.165) is 18.5 Å². The lowest BCUT2D eigenvalue weighted by Gasteiger charge is -2.34. The summed E-state index contributed by atoms with van der Waals surface area (Å²) in [7, 11) is 0. The first kappa shape index (κ1) is 12.4. The first-order valence-corrected chi connectivity index (χ1v) is 7.08. The number of hydrogen-bond donors (Lipinski definition) is 1. The molecule has 1 aliphatic rings. The Kier molecular flexibility index (Phi) is 3.15. The zero-order chi connectivity index (χ0) is 13.3. The van der Waals surface area contributed by atoms with Crippen molar-refractivity contribution < 1.29 is 0 Å². The van der Waals surface area contributed by atoms with Crippen LogP contribution in [0.4, 0.5) is 0 Å². The normalized spacial score (nSPS) is 18.4. The van der Waals surface area contributed by atoms with E-state index in [1.165, 1.54) is 30.4 Å². The molecule has 3 heteroatoms. The molecule has 0 radical (unpaired) electrons. The summed E-state index contributed by atoms with van der Waals surface area (Å²) in [6, 6.07) is 8.56. The summed E-state index contributed by atoms with van der Waals surface area (Å²) in [6.45, 7) is 2.05. The minimum Gasteiger partial charge on any atom is -0.321 e. The van der Waals surface area contributed by atoms with Crippen molar-refractivity contribution in [2.24, 2.45) is 5.73 Å². The first-order chi connectivity index (χ1) is 9.17. The first-order valence-electron chi connectivity index (χ1n) is 7.08. The molecule has 19 heavy (non-hydrogen) atoms. The van der Waals surface area contributed by atoms with Gasteiger partial charge in [0.05, 0.1) is 11.9 Å². The van der Waals surface area contributed by atoms with Crippen molar-refractivity contribution in [1.82, 2.24) is 9.78 Å². The van der Waals surface area contributed by atoms with Gasteiger partial charge in [0.2, 0.25) is 0 Å². The summed E-state index contributed by atoms with van der Waals surface area (Å²) in [4.78, 5) is 0. The molecule has 0 spiro atoms. The van der Waals surface area contributed by atoms with Crippen molar-refractivity contribution in [2.45, 2.75) is 44.6 Å². The van der Waals surface area contributed by atoms with Crippen molar-refractivity contribution in [3.05, 3.63) is 47.8 Å². The number of nitrogens with zero attached hydrogens (tertiary/aromatic N) is 2. The second-order valence-electron chi connectivity index (χ2n) is 5.73. The highest BCUT2D eigenvalue weighted by molar-refractivity contribution is 5.37. The van der Waals surface area contributed by atoms with E-state index in [4.69, 9.17) is 5.73 Å². The second-order valence-corrected chi connectivity index (χ2v) is 5.73. The van der Waals surface area contributed by atoms with Crippen LogP contribution in [0.3, 0.4) is 0 Å². The molecule has 2 aromatic rings. The van der Waals surface area contributed by atoms with Crippen LogP contribution in [0.2, 0.25) is 0 Å². The summed E-state index contributed by atoms with van der Waals surface area (Å²) < 4.78 is 1.91. The smallest absolute Gasteiger partial charge is 0.0645 e. The Hall–Kier alpha value is -1.61. The van der Waals surface area contributed by atoms with Crippen molar-refractivity contribution in [3.63, 3.8) is 0 Å². The largest absolute Gasteiger partial charge is 0.321 e. The highest BCUT2D eigenvalue weighted by atomic mass is 15.3. The molecule has 100 valence electrons. The minimum absolute atomic E-state index is 0.114. The van der Waals surface area contributed by atoms with E-state index < -0.39 is 0 Å². The maximum absolute atomic E-state index is 6.55. The lowest BCUT2D eigenvalue weighted by Crippen LogP contribution is -2.38. The SMILES string of the molecule is Cc1cnn(-c2ccc(C3(N)CCCCC3)cc2)c1. The van der Waals surface area contributed by atoms with Crippen LogP contribution in [0, 0.1) is 6.92 Å². The Labute approximate surface area is 114 Å². The highest BCUT2D eigenvalue weighted by Crippen LogP contribution is 2.34. The van der Waals surface area contributed by atoms with Crippen molar-refractivity contribution in [3.8, 4) is 5.69 Å². The Balaban J connectivity index is 1.86. The monoisotopic (exact) mass is 255 g/mol. The standard InChI is InChI=1S/C16H21N3/c1-13-11-18-19(12-13)15-7-5-14(6-8-15)16(17)9-3-2-4-10-16/h5-8,11-12H,2-4,9-10,17H2,1H3. The third kappa shape index (κ3) is 2.43. The molecule has 1 fully saturated rings. The molecule has 0 amide bonds. The lowest BCUT2D eigenvalue weighted by atomic mass is 9.77. The van der Waals surface area contributed by atoms with Gasteiger partial charge in [0, 0.05) is 11.7 Å². The van der Waals surface area contributed by atoms with Gasteiger partial charge in [-0.15, -0.1) is 0 Å². The minimum atomic E-state index is -0.114. The van der Waals surface area contributed by atoms with Gasteiger partial charge in [0.15, 0.2) is 0 Å². The molecule has 0 bridgehead atoms. The van der Waals surface area contributed by atoms with Crippen molar-refractivity contribution >= 4 is 0 Å². The summed E-state index contributed by atoms with van der Waals surface area (Å²) in [5.74, 6) is 0. The zero-order valence-corrected chi connectivity index (χ0v) is 11.5. The van der Waals surface area contributed by atoms with Gasteiger partial charge in [0.1, 0.15) is 0 Å². The average molecular weight is 255 g/mol. The van der Waals surface area contributed by atoms with Gasteiger partial charge < -0.3 is 5.73 Å². The summed E-state index contributed by atoms with van der Waals surface area (Å²) in [5, 5.41) is 4.33. The van der Waals surface area contributed by atoms with E-state index in [-0.39, 0.29) is 5.54 Å². The van der Waals surface area contributed by atoms with Crippen LogP contribution in [-0.4, -0.2) is 9.78 Å². The summed E-state index contributed by atoms with van der Waals surface area (Å²) in [5.41, 5.74) is 9.97. The van der Waals surface area contributed by atoms with E-state index in [2.05, 4.69) is 36.3 Å². The van der Waals surface area contributed by atoms with E-state index in [0.29, 0.717) is 0 Å². The summed E-state index contributed by atoms with van der Waals surface area (Å²) in [6.07, 6.45) is 9.94. The molecule has 1 aromatic carbocycles. The average Bonchev–Trinajstić information content (AvgIpc) is 2.87. The molecule has 1 saturated carbocycles. The van der Waals surface area contributed by atoms with Crippen LogP contribution in [0.25, 0.3) is 5.69 Å². The molecular weight excluding hydrogens is 234 g/mol. The van der Waals surface area contributed by atoms with E-state index in [9.17, 15) is 0 Å². The van der Waals surface area contributed by atoms with Gasteiger partial charge in [-0.05, 0) is 43.0 Å². The number of hydrogen-bond acceptors (Lipinski definition) is 2. The van der Waals surface area contributed by atoms with Crippen molar-refractivity contribution in [2.75, 3.05) is 0 Å². The lowest BCUT2D eigenvalue weighted by molar-refractivity contribution is 0.302. The van der Waals surface area contributed by atoms with Gasteiger partial charge in [-0.3, -0.25) is 0 Å².